The molecule has 0 radical (unpaired) electrons. The molecule has 1 saturated heterocycles. The number of nitrogens with zero attached hydrogens (tertiary/aromatic N) is 3. The fourth-order valence-corrected chi connectivity index (χ4v) is 5.64. The molecule has 3 aromatic carbocycles. The second-order valence-electron chi connectivity index (χ2n) is 10.9. The Morgan fingerprint density at radius 3 is 2.05 bits per heavy atom. The highest BCUT2D eigenvalue weighted by atomic mass is 16.6. The summed E-state index contributed by atoms with van der Waals surface area (Å²) in [6, 6.07) is 28.1. The summed E-state index contributed by atoms with van der Waals surface area (Å²) in [5.74, 6) is 0.387. The number of hydrogen-bond donors (Lipinski definition) is 1. The number of fused-ring (bicyclic) bond motifs is 1. The standard InChI is InChI=1S/C34H39N3O5/c1-3-29-30-16-10-11-17-31(30)37(33(38)39)32(29)42-28-18-20-35(21-19-28)34(40)41-24-25(2)36(22-26-12-6-4-7-13-26)23-27-14-8-5-9-15-27/h4-17,25,28H,3,18-24H2,1-2H3,(H,38,39). The van der Waals surface area contributed by atoms with E-state index in [1.54, 1.807) is 11.0 Å². The third-order valence-corrected chi connectivity index (χ3v) is 7.98. The number of aryl methyl sites for hydroxylation is 1. The molecule has 1 fully saturated rings. The minimum atomic E-state index is -1.07. The van der Waals surface area contributed by atoms with Crippen LogP contribution in [0.5, 0.6) is 5.88 Å². The number of carbonyl (C=O) groups excluding carboxylic acids is 1. The zero-order valence-corrected chi connectivity index (χ0v) is 24.3. The Labute approximate surface area is 247 Å². The molecular formula is C34H39N3O5. The topological polar surface area (TPSA) is 84.2 Å². The summed E-state index contributed by atoms with van der Waals surface area (Å²) in [4.78, 5) is 29.2. The SMILES string of the molecule is CCc1c(OC2CCN(C(=O)OCC(C)N(Cc3ccccc3)Cc3ccccc3)CC2)n(C(=O)O)c2ccccc12. The van der Waals surface area contributed by atoms with Gasteiger partial charge in [-0.1, -0.05) is 85.8 Å². The van der Waals surface area contributed by atoms with Gasteiger partial charge in [0.15, 0.2) is 0 Å². The van der Waals surface area contributed by atoms with Crippen LogP contribution in [0.4, 0.5) is 9.59 Å². The van der Waals surface area contributed by atoms with E-state index < -0.39 is 6.09 Å². The lowest BCUT2D eigenvalue weighted by molar-refractivity contribution is 0.0450. The van der Waals surface area contributed by atoms with E-state index in [4.69, 9.17) is 9.47 Å². The predicted molar refractivity (Wildman–Crippen MR) is 163 cm³/mol. The minimum absolute atomic E-state index is 0.0145. The van der Waals surface area contributed by atoms with E-state index in [0.717, 1.165) is 24.0 Å². The van der Waals surface area contributed by atoms with Crippen LogP contribution >= 0.6 is 0 Å². The molecule has 1 aliphatic rings. The number of carbonyl (C=O) groups is 2. The smallest absolute Gasteiger partial charge is 0.418 e. The first kappa shape index (κ1) is 29.2. The molecule has 1 N–H and O–H groups in total. The number of likely N-dealkylation sites (tertiary alicyclic amines) is 1. The molecule has 1 atom stereocenters. The number of amides is 1. The van der Waals surface area contributed by atoms with Crippen molar-refractivity contribution in [2.75, 3.05) is 19.7 Å². The zero-order valence-electron chi connectivity index (χ0n) is 24.3. The molecule has 1 aromatic heterocycles. The Balaban J connectivity index is 1.17. The van der Waals surface area contributed by atoms with E-state index in [2.05, 4.69) is 36.1 Å². The van der Waals surface area contributed by atoms with Crippen molar-refractivity contribution in [3.05, 3.63) is 102 Å². The van der Waals surface area contributed by atoms with Crippen molar-refractivity contribution >= 4 is 23.1 Å². The maximum atomic E-state index is 13.0. The Hall–Kier alpha value is -4.30. The Morgan fingerprint density at radius 2 is 1.48 bits per heavy atom. The van der Waals surface area contributed by atoms with Gasteiger partial charge in [-0.2, -0.15) is 0 Å². The highest BCUT2D eigenvalue weighted by Crippen LogP contribution is 2.34. The third kappa shape index (κ3) is 6.77. The van der Waals surface area contributed by atoms with Crippen LogP contribution < -0.4 is 4.74 Å². The van der Waals surface area contributed by atoms with Gasteiger partial charge in [-0.25, -0.2) is 14.2 Å². The van der Waals surface area contributed by atoms with Crippen molar-refractivity contribution in [3.8, 4) is 5.88 Å². The molecule has 2 heterocycles. The maximum absolute atomic E-state index is 13.0. The first-order chi connectivity index (χ1) is 20.4. The number of piperidine rings is 1. The summed E-state index contributed by atoms with van der Waals surface area (Å²) >= 11 is 0. The van der Waals surface area contributed by atoms with Crippen LogP contribution in [0.25, 0.3) is 10.9 Å². The fraction of sp³-hybridized carbons (Fsp3) is 0.353. The average Bonchev–Trinajstić information content (AvgIpc) is 3.33. The quantitative estimate of drug-likeness (QED) is 0.226. The lowest BCUT2D eigenvalue weighted by Gasteiger charge is -2.33. The second-order valence-corrected chi connectivity index (χ2v) is 10.9. The van der Waals surface area contributed by atoms with Gasteiger partial charge < -0.3 is 19.5 Å². The minimum Gasteiger partial charge on any atom is -0.475 e. The van der Waals surface area contributed by atoms with Crippen molar-refractivity contribution in [1.29, 1.82) is 0 Å². The molecule has 1 amide bonds. The monoisotopic (exact) mass is 569 g/mol. The normalized spacial score (nSPS) is 14.7. The lowest BCUT2D eigenvalue weighted by atomic mass is 10.1. The summed E-state index contributed by atoms with van der Waals surface area (Å²) in [7, 11) is 0. The number of benzene rings is 3. The number of hydrogen-bond acceptors (Lipinski definition) is 5. The van der Waals surface area contributed by atoms with E-state index >= 15 is 0 Å². The highest BCUT2D eigenvalue weighted by molar-refractivity contribution is 5.94. The molecule has 0 bridgehead atoms. The first-order valence-corrected chi connectivity index (χ1v) is 14.7. The lowest BCUT2D eigenvalue weighted by Crippen LogP contribution is -2.44. The summed E-state index contributed by atoms with van der Waals surface area (Å²) in [5.41, 5.74) is 3.93. The van der Waals surface area contributed by atoms with Gasteiger partial charge in [-0.05, 0) is 30.5 Å². The van der Waals surface area contributed by atoms with Crippen LogP contribution in [0.3, 0.4) is 0 Å². The van der Waals surface area contributed by atoms with E-state index in [9.17, 15) is 14.7 Å². The van der Waals surface area contributed by atoms with E-state index in [1.807, 2.05) is 61.5 Å². The van der Waals surface area contributed by atoms with Crippen molar-refractivity contribution in [2.45, 2.75) is 58.3 Å². The molecular weight excluding hydrogens is 530 g/mol. The van der Waals surface area contributed by atoms with Crippen LogP contribution in [0.2, 0.25) is 0 Å². The number of ether oxygens (including phenoxy) is 2. The fourth-order valence-electron chi connectivity index (χ4n) is 5.64. The van der Waals surface area contributed by atoms with E-state index in [0.29, 0.717) is 43.7 Å². The molecule has 0 spiro atoms. The molecule has 5 rings (SSSR count). The zero-order chi connectivity index (χ0) is 29.5. The van der Waals surface area contributed by atoms with E-state index in [-0.39, 0.29) is 24.8 Å². The van der Waals surface area contributed by atoms with Crippen molar-refractivity contribution in [1.82, 2.24) is 14.4 Å². The van der Waals surface area contributed by atoms with Gasteiger partial charge in [0.1, 0.15) is 12.7 Å². The summed E-state index contributed by atoms with van der Waals surface area (Å²) in [6.45, 7) is 6.86. The van der Waals surface area contributed by atoms with Gasteiger partial charge in [0.2, 0.25) is 5.88 Å². The van der Waals surface area contributed by atoms with Crippen molar-refractivity contribution in [2.24, 2.45) is 0 Å². The third-order valence-electron chi connectivity index (χ3n) is 7.98. The number of carboxylic acid groups (broad SMARTS) is 1. The summed E-state index contributed by atoms with van der Waals surface area (Å²) in [6.07, 6.45) is 0.281. The number of rotatable bonds is 10. The second kappa shape index (κ2) is 13.6. The van der Waals surface area contributed by atoms with Gasteiger partial charge in [-0.3, -0.25) is 4.90 Å². The Bertz CT molecular complexity index is 1440. The van der Waals surface area contributed by atoms with Gasteiger partial charge in [-0.15, -0.1) is 0 Å². The molecule has 0 aliphatic carbocycles. The van der Waals surface area contributed by atoms with Crippen LogP contribution in [0.15, 0.2) is 84.9 Å². The Morgan fingerprint density at radius 1 is 0.905 bits per heavy atom. The summed E-state index contributed by atoms with van der Waals surface area (Å²) < 4.78 is 13.4. The molecule has 220 valence electrons. The van der Waals surface area contributed by atoms with Gasteiger partial charge >= 0.3 is 12.2 Å². The molecule has 4 aromatic rings. The van der Waals surface area contributed by atoms with Crippen molar-refractivity contribution < 1.29 is 24.2 Å². The van der Waals surface area contributed by atoms with Crippen LogP contribution in [0.1, 0.15) is 43.4 Å². The average molecular weight is 570 g/mol. The van der Waals surface area contributed by atoms with Crippen LogP contribution in [-0.2, 0) is 24.2 Å². The van der Waals surface area contributed by atoms with Gasteiger partial charge in [0, 0.05) is 56.0 Å². The maximum Gasteiger partial charge on any atom is 0.418 e. The highest BCUT2D eigenvalue weighted by Gasteiger charge is 2.29. The van der Waals surface area contributed by atoms with Crippen molar-refractivity contribution in [3.63, 3.8) is 0 Å². The van der Waals surface area contributed by atoms with Gasteiger partial charge in [0.25, 0.3) is 0 Å². The Kier molecular flexibility index (Phi) is 9.44. The summed E-state index contributed by atoms with van der Waals surface area (Å²) in [5, 5.41) is 10.8. The number of para-hydroxylation sites is 1. The molecule has 1 unspecified atom stereocenters. The molecule has 1 aliphatic heterocycles. The molecule has 42 heavy (non-hydrogen) atoms. The molecule has 0 saturated carbocycles. The molecule has 8 nitrogen and oxygen atoms in total. The van der Waals surface area contributed by atoms with Crippen LogP contribution in [0, 0.1) is 0 Å². The predicted octanol–water partition coefficient (Wildman–Crippen LogP) is 6.80. The molecule has 8 heteroatoms. The van der Waals surface area contributed by atoms with Gasteiger partial charge in [0.05, 0.1) is 5.52 Å². The van der Waals surface area contributed by atoms with Crippen LogP contribution in [-0.4, -0.2) is 63.5 Å². The van der Waals surface area contributed by atoms with E-state index in [1.165, 1.54) is 15.7 Å². The largest absolute Gasteiger partial charge is 0.475 e. The number of aromatic nitrogens is 1. The first-order valence-electron chi connectivity index (χ1n) is 14.7.